The maximum absolute atomic E-state index is 13.3. The van der Waals surface area contributed by atoms with E-state index in [1.54, 1.807) is 7.11 Å². The summed E-state index contributed by atoms with van der Waals surface area (Å²) in [4.78, 5) is 4.52. The maximum Gasteiger partial charge on any atom is 0.435 e. The van der Waals surface area contributed by atoms with Gasteiger partial charge in [-0.3, -0.25) is 0 Å². The molecular weight excluding hydrogens is 363 g/mol. The normalized spacial score (nSPS) is 14.3. The van der Waals surface area contributed by atoms with E-state index in [2.05, 4.69) is 10.1 Å². The molecule has 26 heavy (non-hydrogen) atoms. The van der Waals surface area contributed by atoms with Crippen molar-refractivity contribution in [2.24, 2.45) is 0 Å². The van der Waals surface area contributed by atoms with Crippen molar-refractivity contribution >= 4 is 11.3 Å². The molecule has 3 aromatic rings. The van der Waals surface area contributed by atoms with Crippen molar-refractivity contribution in [3.05, 3.63) is 46.6 Å². The summed E-state index contributed by atoms with van der Waals surface area (Å²) in [6, 6.07) is 7.40. The van der Waals surface area contributed by atoms with Crippen molar-refractivity contribution in [1.82, 2.24) is 14.8 Å². The molecule has 0 saturated carbocycles. The lowest BCUT2D eigenvalue weighted by atomic mass is 9.95. The number of ether oxygens (including phenoxy) is 1. The van der Waals surface area contributed by atoms with Gasteiger partial charge in [0.1, 0.15) is 5.75 Å². The van der Waals surface area contributed by atoms with Crippen LogP contribution >= 0.6 is 11.3 Å². The molecule has 0 aliphatic heterocycles. The van der Waals surface area contributed by atoms with E-state index >= 15 is 0 Å². The zero-order valence-corrected chi connectivity index (χ0v) is 14.8. The molecule has 0 fully saturated rings. The second-order valence-electron chi connectivity index (χ2n) is 6.13. The van der Waals surface area contributed by atoms with Gasteiger partial charge in [0, 0.05) is 16.5 Å². The zero-order chi connectivity index (χ0) is 18.3. The van der Waals surface area contributed by atoms with Crippen molar-refractivity contribution in [3.8, 4) is 22.1 Å². The number of alkyl halides is 3. The van der Waals surface area contributed by atoms with E-state index in [1.807, 2.05) is 29.6 Å². The molecule has 0 unspecified atom stereocenters. The number of aromatic nitrogens is 3. The van der Waals surface area contributed by atoms with Crippen LogP contribution in [0.4, 0.5) is 13.2 Å². The van der Waals surface area contributed by atoms with Gasteiger partial charge in [-0.15, -0.1) is 11.3 Å². The Labute approximate surface area is 152 Å². The van der Waals surface area contributed by atoms with Crippen LogP contribution in [0.25, 0.3) is 16.4 Å². The second kappa shape index (κ2) is 6.42. The van der Waals surface area contributed by atoms with Gasteiger partial charge in [0.05, 0.1) is 18.5 Å². The third kappa shape index (κ3) is 2.98. The third-order valence-electron chi connectivity index (χ3n) is 4.51. The maximum atomic E-state index is 13.3. The number of methoxy groups -OCH3 is 1. The van der Waals surface area contributed by atoms with Crippen LogP contribution in [0, 0.1) is 0 Å². The van der Waals surface area contributed by atoms with E-state index < -0.39 is 11.9 Å². The molecule has 0 N–H and O–H groups in total. The Kier molecular flexibility index (Phi) is 4.22. The van der Waals surface area contributed by atoms with Crippen LogP contribution in [0.2, 0.25) is 0 Å². The first-order valence-corrected chi connectivity index (χ1v) is 9.13. The summed E-state index contributed by atoms with van der Waals surface area (Å²) < 4.78 is 46.5. The van der Waals surface area contributed by atoms with Crippen molar-refractivity contribution in [2.45, 2.75) is 31.9 Å². The molecule has 2 heterocycles. The highest BCUT2D eigenvalue weighted by Crippen LogP contribution is 2.37. The Bertz CT molecular complexity index is 928. The molecule has 2 aromatic heterocycles. The Morgan fingerprint density at radius 1 is 1.12 bits per heavy atom. The number of thiazole rings is 1. The quantitative estimate of drug-likeness (QED) is 0.650. The van der Waals surface area contributed by atoms with Gasteiger partial charge in [0.15, 0.2) is 5.69 Å². The number of halogens is 3. The van der Waals surface area contributed by atoms with E-state index in [0.717, 1.165) is 24.2 Å². The van der Waals surface area contributed by atoms with Crippen LogP contribution < -0.4 is 4.74 Å². The lowest BCUT2D eigenvalue weighted by Crippen LogP contribution is -2.11. The molecule has 1 aromatic carbocycles. The van der Waals surface area contributed by atoms with Gasteiger partial charge in [-0.2, -0.15) is 18.3 Å². The van der Waals surface area contributed by atoms with Crippen LogP contribution in [0.15, 0.2) is 29.6 Å². The minimum atomic E-state index is -4.44. The molecule has 0 bridgehead atoms. The van der Waals surface area contributed by atoms with Crippen molar-refractivity contribution in [3.63, 3.8) is 0 Å². The summed E-state index contributed by atoms with van der Waals surface area (Å²) in [6.07, 6.45) is -1.80. The SMILES string of the molecule is COc1ccc(-c2csc(-n3nc(C(F)(F)F)c4c3CCCC4)n2)cc1. The largest absolute Gasteiger partial charge is 0.497 e. The average molecular weight is 379 g/mol. The van der Waals surface area contributed by atoms with Gasteiger partial charge >= 0.3 is 6.18 Å². The monoisotopic (exact) mass is 379 g/mol. The minimum absolute atomic E-state index is 0.324. The lowest BCUT2D eigenvalue weighted by Gasteiger charge is -2.13. The average Bonchev–Trinajstić information content (AvgIpc) is 3.26. The standard InChI is InChI=1S/C18H16F3N3OS/c1-25-12-8-6-11(7-9-12)14-10-26-17(22-14)24-15-5-3-2-4-13(15)16(23-24)18(19,20)21/h6-10H,2-5H2,1H3. The van der Waals surface area contributed by atoms with Gasteiger partial charge in [0.2, 0.25) is 5.13 Å². The molecule has 0 spiro atoms. The van der Waals surface area contributed by atoms with Crippen LogP contribution in [0.5, 0.6) is 5.75 Å². The molecule has 0 amide bonds. The summed E-state index contributed by atoms with van der Waals surface area (Å²) in [6.45, 7) is 0. The fourth-order valence-corrected chi connectivity index (χ4v) is 4.05. The zero-order valence-electron chi connectivity index (χ0n) is 14.0. The van der Waals surface area contributed by atoms with E-state index in [9.17, 15) is 13.2 Å². The van der Waals surface area contributed by atoms with Crippen molar-refractivity contribution in [2.75, 3.05) is 7.11 Å². The van der Waals surface area contributed by atoms with E-state index in [-0.39, 0.29) is 0 Å². The molecule has 8 heteroatoms. The van der Waals surface area contributed by atoms with E-state index in [1.165, 1.54) is 16.0 Å². The first kappa shape index (κ1) is 17.1. The van der Waals surface area contributed by atoms with Gasteiger partial charge in [0.25, 0.3) is 0 Å². The number of rotatable bonds is 3. The molecule has 136 valence electrons. The first-order chi connectivity index (χ1) is 12.5. The Hall–Kier alpha value is -2.35. The van der Waals surface area contributed by atoms with E-state index in [4.69, 9.17) is 4.74 Å². The van der Waals surface area contributed by atoms with Gasteiger partial charge < -0.3 is 4.74 Å². The van der Waals surface area contributed by atoms with Crippen LogP contribution in [0.3, 0.4) is 0 Å². The fourth-order valence-electron chi connectivity index (χ4n) is 3.24. The first-order valence-electron chi connectivity index (χ1n) is 8.25. The predicted molar refractivity (Wildman–Crippen MR) is 92.9 cm³/mol. The number of fused-ring (bicyclic) bond motifs is 1. The molecule has 1 aliphatic carbocycles. The summed E-state index contributed by atoms with van der Waals surface area (Å²) in [7, 11) is 1.59. The molecule has 0 radical (unpaired) electrons. The van der Waals surface area contributed by atoms with Gasteiger partial charge in [-0.05, 0) is 49.9 Å². The highest BCUT2D eigenvalue weighted by molar-refractivity contribution is 7.12. The van der Waals surface area contributed by atoms with Crippen molar-refractivity contribution in [1.29, 1.82) is 0 Å². The summed E-state index contributed by atoms with van der Waals surface area (Å²) in [5.41, 5.74) is 1.78. The number of benzene rings is 1. The summed E-state index contributed by atoms with van der Waals surface area (Å²) in [5.74, 6) is 0.736. The van der Waals surface area contributed by atoms with Gasteiger partial charge in [-0.1, -0.05) is 0 Å². The number of hydrogen-bond acceptors (Lipinski definition) is 4. The molecule has 4 nitrogen and oxygen atoms in total. The molecule has 4 rings (SSSR count). The minimum Gasteiger partial charge on any atom is -0.497 e. The van der Waals surface area contributed by atoms with Crippen LogP contribution in [0.1, 0.15) is 29.8 Å². The topological polar surface area (TPSA) is 39.9 Å². The van der Waals surface area contributed by atoms with E-state index in [0.29, 0.717) is 34.9 Å². The summed E-state index contributed by atoms with van der Waals surface area (Å²) >= 11 is 1.29. The highest BCUT2D eigenvalue weighted by atomic mass is 32.1. The highest BCUT2D eigenvalue weighted by Gasteiger charge is 2.40. The van der Waals surface area contributed by atoms with Crippen molar-refractivity contribution < 1.29 is 17.9 Å². The Morgan fingerprint density at radius 2 is 1.85 bits per heavy atom. The summed E-state index contributed by atoms with van der Waals surface area (Å²) in [5, 5.41) is 6.18. The molecule has 0 atom stereocenters. The molecular formula is C18H16F3N3OS. The Balaban J connectivity index is 1.74. The second-order valence-corrected chi connectivity index (χ2v) is 6.97. The molecule has 1 aliphatic rings. The lowest BCUT2D eigenvalue weighted by molar-refractivity contribution is -0.142. The van der Waals surface area contributed by atoms with Crippen LogP contribution in [-0.2, 0) is 19.0 Å². The smallest absolute Gasteiger partial charge is 0.435 e. The Morgan fingerprint density at radius 3 is 2.54 bits per heavy atom. The number of nitrogens with zero attached hydrogens (tertiary/aromatic N) is 3. The predicted octanol–water partition coefficient (Wildman–Crippen LogP) is 4.90. The number of hydrogen-bond donors (Lipinski definition) is 0. The fraction of sp³-hybridized carbons (Fsp3) is 0.333. The third-order valence-corrected chi connectivity index (χ3v) is 5.32. The molecule has 0 saturated heterocycles. The van der Waals surface area contributed by atoms with Gasteiger partial charge in [-0.25, -0.2) is 9.67 Å². The van der Waals surface area contributed by atoms with Crippen LogP contribution in [-0.4, -0.2) is 21.9 Å².